The number of hydrogen-bond acceptors (Lipinski definition) is 5. The van der Waals surface area contributed by atoms with Crippen LogP contribution in [0.2, 0.25) is 5.02 Å². The molecule has 3 amide bonds. The first-order chi connectivity index (χ1) is 14.8. The van der Waals surface area contributed by atoms with Crippen molar-refractivity contribution in [2.75, 3.05) is 19.5 Å². The minimum Gasteiger partial charge on any atom is -0.379 e. The van der Waals surface area contributed by atoms with E-state index < -0.39 is 23.7 Å². The number of anilines is 1. The number of hydrogen-bond donors (Lipinski definition) is 4. The van der Waals surface area contributed by atoms with E-state index in [4.69, 9.17) is 16.3 Å². The summed E-state index contributed by atoms with van der Waals surface area (Å²) in [6.45, 7) is 0. The molecule has 4 N–H and O–H groups in total. The number of halogens is 2. The van der Waals surface area contributed by atoms with Gasteiger partial charge in [-0.15, -0.1) is 0 Å². The monoisotopic (exact) mass is 451 g/mol. The molecule has 3 rings (SSSR count). The van der Waals surface area contributed by atoms with E-state index in [1.165, 1.54) is 32.6 Å². The SMILES string of the molecule is CNC(=O)c1nc[nH]c1C(=O)N[C@H]1CC[C@H](C(=O)Nc2ccc(F)cc2Cl)C[C@@H]1OC. The van der Waals surface area contributed by atoms with Crippen LogP contribution >= 0.6 is 11.6 Å². The third-order valence-corrected chi connectivity index (χ3v) is 5.59. The highest BCUT2D eigenvalue weighted by Crippen LogP contribution is 2.29. The Hall–Kier alpha value is -2.98. The van der Waals surface area contributed by atoms with Crippen molar-refractivity contribution in [3.05, 3.63) is 46.8 Å². The fourth-order valence-corrected chi connectivity index (χ4v) is 3.83. The molecule has 0 spiro atoms. The van der Waals surface area contributed by atoms with Crippen molar-refractivity contribution in [1.82, 2.24) is 20.6 Å². The first-order valence-corrected chi connectivity index (χ1v) is 10.1. The van der Waals surface area contributed by atoms with E-state index in [2.05, 4.69) is 25.9 Å². The van der Waals surface area contributed by atoms with Gasteiger partial charge in [0.15, 0.2) is 5.69 Å². The van der Waals surface area contributed by atoms with Gasteiger partial charge in [0.1, 0.15) is 11.5 Å². The molecule has 1 heterocycles. The number of benzene rings is 1. The van der Waals surface area contributed by atoms with Crippen molar-refractivity contribution in [2.24, 2.45) is 5.92 Å². The largest absolute Gasteiger partial charge is 0.379 e. The average Bonchev–Trinajstić information content (AvgIpc) is 3.25. The standard InChI is InChI=1S/C20H23ClFN5O4/c1-23-19(29)16-17(25-9-24-16)20(30)27-14-5-3-10(7-15(14)31-2)18(28)26-13-6-4-11(22)8-12(13)21/h4,6,8-10,14-15H,3,5,7H2,1-2H3,(H,23,29)(H,24,25)(H,26,28)(H,27,30)/t10-,14-,15-/m0/s1. The van der Waals surface area contributed by atoms with Gasteiger partial charge in [0.25, 0.3) is 11.8 Å². The predicted molar refractivity (Wildman–Crippen MR) is 111 cm³/mol. The number of carbonyl (C=O) groups excluding carboxylic acids is 3. The number of ether oxygens (including phenoxy) is 1. The number of methoxy groups -OCH3 is 1. The quantitative estimate of drug-likeness (QED) is 0.535. The predicted octanol–water partition coefficient (Wildman–Crippen LogP) is 2.11. The van der Waals surface area contributed by atoms with Crippen LogP contribution in [-0.2, 0) is 9.53 Å². The van der Waals surface area contributed by atoms with Gasteiger partial charge in [-0.1, -0.05) is 11.6 Å². The molecule has 166 valence electrons. The van der Waals surface area contributed by atoms with Crippen LogP contribution in [-0.4, -0.2) is 54.0 Å². The second-order valence-electron chi connectivity index (χ2n) is 7.18. The Bertz CT molecular complexity index is 982. The molecule has 1 fully saturated rings. The zero-order chi connectivity index (χ0) is 22.5. The molecular weight excluding hydrogens is 429 g/mol. The van der Waals surface area contributed by atoms with Gasteiger partial charge in [-0.3, -0.25) is 14.4 Å². The molecule has 2 aromatic rings. The summed E-state index contributed by atoms with van der Waals surface area (Å²) < 4.78 is 18.7. The second kappa shape index (κ2) is 9.88. The van der Waals surface area contributed by atoms with Crippen LogP contribution in [0.25, 0.3) is 0 Å². The number of nitrogens with one attached hydrogen (secondary N) is 4. The molecule has 0 bridgehead atoms. The Balaban J connectivity index is 1.63. The minimum absolute atomic E-state index is 0.00166. The van der Waals surface area contributed by atoms with Crippen molar-refractivity contribution in [1.29, 1.82) is 0 Å². The number of imidazole rings is 1. The normalized spacial score (nSPS) is 20.7. The summed E-state index contributed by atoms with van der Waals surface area (Å²) in [6, 6.07) is 3.40. The molecule has 9 nitrogen and oxygen atoms in total. The molecule has 0 aliphatic heterocycles. The topological polar surface area (TPSA) is 125 Å². The summed E-state index contributed by atoms with van der Waals surface area (Å²) in [5, 5.41) is 8.12. The van der Waals surface area contributed by atoms with Gasteiger partial charge < -0.3 is 25.7 Å². The van der Waals surface area contributed by atoms with Crippen LogP contribution in [0.3, 0.4) is 0 Å². The number of aromatic nitrogens is 2. The summed E-state index contributed by atoms with van der Waals surface area (Å²) in [7, 11) is 2.96. The number of amides is 3. The van der Waals surface area contributed by atoms with E-state index in [0.717, 1.165) is 6.07 Å². The van der Waals surface area contributed by atoms with Crippen LogP contribution in [0.5, 0.6) is 0 Å². The van der Waals surface area contributed by atoms with E-state index in [0.29, 0.717) is 24.9 Å². The third-order valence-electron chi connectivity index (χ3n) is 5.28. The Morgan fingerprint density at radius 1 is 1.26 bits per heavy atom. The van der Waals surface area contributed by atoms with E-state index in [1.54, 1.807) is 0 Å². The summed E-state index contributed by atoms with van der Waals surface area (Å²) in [5.41, 5.74) is 0.386. The summed E-state index contributed by atoms with van der Waals surface area (Å²) in [4.78, 5) is 43.7. The van der Waals surface area contributed by atoms with Crippen LogP contribution in [0.4, 0.5) is 10.1 Å². The first kappa shape index (κ1) is 22.7. The Labute approximate surface area is 183 Å². The van der Waals surface area contributed by atoms with Gasteiger partial charge in [-0.25, -0.2) is 9.37 Å². The van der Waals surface area contributed by atoms with Crippen LogP contribution in [0.1, 0.15) is 40.2 Å². The molecule has 1 aliphatic carbocycles. The zero-order valence-electron chi connectivity index (χ0n) is 17.0. The molecule has 0 radical (unpaired) electrons. The minimum atomic E-state index is -0.490. The van der Waals surface area contributed by atoms with Gasteiger partial charge in [-0.2, -0.15) is 0 Å². The number of aromatic amines is 1. The van der Waals surface area contributed by atoms with Gasteiger partial charge in [0.2, 0.25) is 5.91 Å². The van der Waals surface area contributed by atoms with Gasteiger partial charge >= 0.3 is 0 Å². The number of carbonyl (C=O) groups is 3. The van der Waals surface area contributed by atoms with E-state index >= 15 is 0 Å². The molecule has 0 unspecified atom stereocenters. The lowest BCUT2D eigenvalue weighted by molar-refractivity contribution is -0.122. The van der Waals surface area contributed by atoms with Gasteiger partial charge in [0, 0.05) is 20.1 Å². The lowest BCUT2D eigenvalue weighted by atomic mass is 9.83. The van der Waals surface area contributed by atoms with E-state index in [9.17, 15) is 18.8 Å². The lowest BCUT2D eigenvalue weighted by Crippen LogP contribution is -2.49. The number of rotatable bonds is 6. The molecule has 11 heteroatoms. The summed E-state index contributed by atoms with van der Waals surface area (Å²) in [6.07, 6.45) is 2.22. The highest BCUT2D eigenvalue weighted by molar-refractivity contribution is 6.33. The van der Waals surface area contributed by atoms with Gasteiger partial charge in [0.05, 0.1) is 29.2 Å². The van der Waals surface area contributed by atoms with Crippen molar-refractivity contribution < 1.29 is 23.5 Å². The lowest BCUT2D eigenvalue weighted by Gasteiger charge is -2.35. The maximum Gasteiger partial charge on any atom is 0.272 e. The number of nitrogens with zero attached hydrogens (tertiary/aromatic N) is 1. The zero-order valence-corrected chi connectivity index (χ0v) is 17.8. The Kier molecular flexibility index (Phi) is 7.24. The molecule has 1 saturated carbocycles. The van der Waals surface area contributed by atoms with E-state index in [-0.39, 0.29) is 34.3 Å². The van der Waals surface area contributed by atoms with Crippen molar-refractivity contribution in [2.45, 2.75) is 31.4 Å². The molecule has 31 heavy (non-hydrogen) atoms. The van der Waals surface area contributed by atoms with Crippen molar-refractivity contribution >= 4 is 35.0 Å². The second-order valence-corrected chi connectivity index (χ2v) is 7.59. The molecule has 1 aromatic carbocycles. The summed E-state index contributed by atoms with van der Waals surface area (Å²) >= 11 is 5.98. The molecule has 1 aromatic heterocycles. The fourth-order valence-electron chi connectivity index (χ4n) is 3.62. The van der Waals surface area contributed by atoms with Crippen LogP contribution in [0.15, 0.2) is 24.5 Å². The average molecular weight is 452 g/mol. The van der Waals surface area contributed by atoms with Crippen LogP contribution in [0, 0.1) is 11.7 Å². The molecular formula is C20H23ClFN5O4. The Morgan fingerprint density at radius 2 is 2.03 bits per heavy atom. The summed E-state index contributed by atoms with van der Waals surface area (Å²) in [5.74, 6) is -2.07. The molecule has 1 aliphatic rings. The molecule has 0 saturated heterocycles. The van der Waals surface area contributed by atoms with Crippen LogP contribution < -0.4 is 16.0 Å². The van der Waals surface area contributed by atoms with E-state index in [1.807, 2.05) is 0 Å². The Morgan fingerprint density at radius 3 is 2.71 bits per heavy atom. The molecule has 3 atom stereocenters. The van der Waals surface area contributed by atoms with Crippen molar-refractivity contribution in [3.8, 4) is 0 Å². The highest BCUT2D eigenvalue weighted by atomic mass is 35.5. The fraction of sp³-hybridized carbons (Fsp3) is 0.400. The first-order valence-electron chi connectivity index (χ1n) is 9.69. The highest BCUT2D eigenvalue weighted by Gasteiger charge is 2.36. The third kappa shape index (κ3) is 5.20. The maximum absolute atomic E-state index is 13.2. The maximum atomic E-state index is 13.2. The van der Waals surface area contributed by atoms with Crippen molar-refractivity contribution in [3.63, 3.8) is 0 Å². The number of H-pyrrole nitrogens is 1. The van der Waals surface area contributed by atoms with Gasteiger partial charge in [-0.05, 0) is 37.5 Å². The smallest absolute Gasteiger partial charge is 0.272 e.